The number of carbonyl (C=O) groups is 1. The Bertz CT molecular complexity index is 630. The van der Waals surface area contributed by atoms with E-state index in [0.717, 1.165) is 53.1 Å². The smallest absolute Gasteiger partial charge is 0.407 e. The average molecular weight is 574 g/mol. The molecule has 0 saturated carbocycles. The number of methoxy groups -OCH3 is 1. The first-order valence-electron chi connectivity index (χ1n) is 15.3. The molecule has 5 unspecified atom stereocenters. The van der Waals surface area contributed by atoms with Crippen molar-refractivity contribution in [3.05, 3.63) is 12.7 Å². The second-order valence-electron chi connectivity index (χ2n) is 12.9. The lowest BCUT2D eigenvalue weighted by atomic mass is 9.71. The lowest BCUT2D eigenvalue weighted by Crippen LogP contribution is -2.36. The normalized spacial score (nSPS) is 16.3. The van der Waals surface area contributed by atoms with Crippen molar-refractivity contribution in [3.8, 4) is 0 Å². The summed E-state index contributed by atoms with van der Waals surface area (Å²) in [4.78, 5) is 11.9. The van der Waals surface area contributed by atoms with Crippen LogP contribution in [0.1, 0.15) is 107 Å². The Labute approximate surface area is 243 Å². The van der Waals surface area contributed by atoms with Gasteiger partial charge in [-0.3, -0.25) is 0 Å². The molecule has 0 aromatic carbocycles. The Morgan fingerprint density at radius 1 is 0.949 bits per heavy atom. The first-order chi connectivity index (χ1) is 18.3. The average Bonchev–Trinajstić information content (AvgIpc) is 2.83. The summed E-state index contributed by atoms with van der Waals surface area (Å²) in [6.45, 7) is 25.2. The number of ether oxygens (including phenoxy) is 4. The summed E-state index contributed by atoms with van der Waals surface area (Å²) in [7, 11) is 2.40. The molecular weight excluding hydrogens is 509 g/mol. The van der Waals surface area contributed by atoms with Gasteiger partial charge in [0.15, 0.2) is 0 Å². The molecule has 0 aromatic heterocycles. The van der Waals surface area contributed by atoms with Crippen molar-refractivity contribution in [1.82, 2.24) is 5.32 Å². The van der Waals surface area contributed by atoms with Crippen LogP contribution >= 0.6 is 8.58 Å². The summed E-state index contributed by atoms with van der Waals surface area (Å²) in [5.41, 5.74) is -0.158. The summed E-state index contributed by atoms with van der Waals surface area (Å²) < 4.78 is 22.4. The van der Waals surface area contributed by atoms with E-state index < -0.39 is 5.60 Å². The van der Waals surface area contributed by atoms with E-state index in [9.17, 15) is 4.79 Å². The second-order valence-corrected chi connectivity index (χ2v) is 14.6. The van der Waals surface area contributed by atoms with Crippen LogP contribution in [0.4, 0.5) is 4.79 Å². The minimum Gasteiger partial charge on any atom is -0.443 e. The van der Waals surface area contributed by atoms with E-state index in [0.29, 0.717) is 43.4 Å². The highest BCUT2D eigenvalue weighted by atomic mass is 31.1. The lowest BCUT2D eigenvalue weighted by Gasteiger charge is -2.34. The molecule has 0 aliphatic heterocycles. The monoisotopic (exact) mass is 573 g/mol. The van der Waals surface area contributed by atoms with Crippen LogP contribution in [0.5, 0.6) is 0 Å². The second kappa shape index (κ2) is 22.0. The van der Waals surface area contributed by atoms with E-state index in [-0.39, 0.29) is 11.9 Å². The zero-order chi connectivity index (χ0) is 29.7. The quantitative estimate of drug-likeness (QED) is 0.0674. The molecule has 0 aromatic rings. The number of allylic oxidation sites excluding steroid dienone is 1. The van der Waals surface area contributed by atoms with Gasteiger partial charge < -0.3 is 24.3 Å². The summed E-state index contributed by atoms with van der Waals surface area (Å²) in [5.74, 6) is 2.22. The summed E-state index contributed by atoms with van der Waals surface area (Å²) in [6, 6.07) is 0. The van der Waals surface area contributed by atoms with Gasteiger partial charge in [0.2, 0.25) is 0 Å². The van der Waals surface area contributed by atoms with Gasteiger partial charge >= 0.3 is 6.09 Å². The van der Waals surface area contributed by atoms with Crippen LogP contribution in [-0.4, -0.2) is 63.8 Å². The molecule has 5 atom stereocenters. The van der Waals surface area contributed by atoms with Crippen LogP contribution in [0.3, 0.4) is 0 Å². The molecule has 0 saturated heterocycles. The zero-order valence-corrected chi connectivity index (χ0v) is 28.0. The van der Waals surface area contributed by atoms with Crippen LogP contribution in [0.15, 0.2) is 12.7 Å². The first-order valence-corrected chi connectivity index (χ1v) is 16.6. The van der Waals surface area contributed by atoms with E-state index in [1.54, 1.807) is 7.11 Å². The van der Waals surface area contributed by atoms with Gasteiger partial charge in [-0.2, -0.15) is 0 Å². The number of carbonyl (C=O) groups excluding carboxylic acids is 1. The molecule has 0 aliphatic carbocycles. The Morgan fingerprint density at radius 3 is 2.31 bits per heavy atom. The molecule has 6 nitrogen and oxygen atoms in total. The maximum Gasteiger partial charge on any atom is 0.407 e. The SMILES string of the molecule is C=CC(C)CC(C)(CCC(C)CCOCCCPC(C)OCCC(C)(C)OC(=O)NCCCOC)CC(C)C. The third-order valence-corrected chi connectivity index (χ3v) is 8.63. The molecule has 0 aliphatic rings. The van der Waals surface area contributed by atoms with Crippen molar-refractivity contribution < 1.29 is 23.7 Å². The molecule has 1 amide bonds. The predicted octanol–water partition coefficient (Wildman–Crippen LogP) is 8.44. The fourth-order valence-electron chi connectivity index (χ4n) is 5.02. The summed E-state index contributed by atoms with van der Waals surface area (Å²) in [5, 5.41) is 2.76. The van der Waals surface area contributed by atoms with Crippen molar-refractivity contribution in [2.45, 2.75) is 118 Å². The highest BCUT2D eigenvalue weighted by Crippen LogP contribution is 2.39. The van der Waals surface area contributed by atoms with Gasteiger partial charge in [-0.25, -0.2) is 4.79 Å². The largest absolute Gasteiger partial charge is 0.443 e. The van der Waals surface area contributed by atoms with Crippen LogP contribution in [-0.2, 0) is 18.9 Å². The molecule has 1 N–H and O–H groups in total. The van der Waals surface area contributed by atoms with E-state index in [1.807, 2.05) is 13.8 Å². The maximum atomic E-state index is 11.9. The number of hydrogen-bond donors (Lipinski definition) is 1. The number of rotatable bonds is 25. The van der Waals surface area contributed by atoms with Crippen molar-refractivity contribution >= 4 is 14.7 Å². The van der Waals surface area contributed by atoms with Crippen LogP contribution in [0.2, 0.25) is 0 Å². The van der Waals surface area contributed by atoms with E-state index in [4.69, 9.17) is 18.9 Å². The van der Waals surface area contributed by atoms with Crippen molar-refractivity contribution in [1.29, 1.82) is 0 Å². The van der Waals surface area contributed by atoms with E-state index >= 15 is 0 Å². The molecule has 232 valence electrons. The third kappa shape index (κ3) is 22.7. The molecule has 0 heterocycles. The Hall–Kier alpha value is -0.680. The zero-order valence-electron chi connectivity index (χ0n) is 27.0. The van der Waals surface area contributed by atoms with Gasteiger partial charge in [0, 0.05) is 39.9 Å². The van der Waals surface area contributed by atoms with Gasteiger partial charge in [0.25, 0.3) is 0 Å². The van der Waals surface area contributed by atoms with Gasteiger partial charge in [-0.1, -0.05) is 55.7 Å². The first kappa shape index (κ1) is 38.3. The minimum absolute atomic E-state index is 0.215. The predicted molar refractivity (Wildman–Crippen MR) is 168 cm³/mol. The third-order valence-electron chi connectivity index (χ3n) is 7.25. The van der Waals surface area contributed by atoms with Gasteiger partial charge in [0.1, 0.15) is 5.60 Å². The Kier molecular flexibility index (Phi) is 21.6. The van der Waals surface area contributed by atoms with Crippen LogP contribution in [0, 0.1) is 23.2 Å². The van der Waals surface area contributed by atoms with E-state index in [2.05, 4.69) is 59.5 Å². The number of hydrogen-bond acceptors (Lipinski definition) is 5. The fourth-order valence-corrected chi connectivity index (χ4v) is 6.02. The molecule has 0 bridgehead atoms. The molecule has 0 fully saturated rings. The van der Waals surface area contributed by atoms with Gasteiger partial charge in [-0.15, -0.1) is 6.58 Å². The molecule has 0 radical (unpaired) electrons. The molecule has 0 rings (SSSR count). The summed E-state index contributed by atoms with van der Waals surface area (Å²) >= 11 is 0. The van der Waals surface area contributed by atoms with E-state index in [1.165, 1.54) is 25.7 Å². The molecule has 39 heavy (non-hydrogen) atoms. The fraction of sp³-hybridized carbons (Fsp3) is 0.906. The number of alkyl carbamates (subject to hydrolysis) is 1. The topological polar surface area (TPSA) is 66.0 Å². The molecular formula is C32H64NO5P. The highest BCUT2D eigenvalue weighted by Gasteiger charge is 2.27. The standard InChI is InChI=1S/C32H64NO5P/c1-11-27(4)25-32(9,24-26(2)3)16-14-28(5)15-21-36-20-13-23-39-29(6)37-22-17-31(7,8)38-30(34)33-18-12-19-35-10/h11,26-29,39H,1,12-25H2,2-10H3,(H,33,34). The maximum absolute atomic E-state index is 11.9. The molecule has 0 spiro atoms. The summed E-state index contributed by atoms with van der Waals surface area (Å²) in [6.07, 6.45) is 11.6. The number of nitrogens with one attached hydrogen (secondary N) is 1. The van der Waals surface area contributed by atoms with Crippen molar-refractivity contribution in [2.24, 2.45) is 23.2 Å². The Balaban J connectivity index is 3.94. The lowest BCUT2D eigenvalue weighted by molar-refractivity contribution is 0.00483. The van der Waals surface area contributed by atoms with Crippen LogP contribution < -0.4 is 5.32 Å². The van der Waals surface area contributed by atoms with Gasteiger partial charge in [-0.05, 0) is 88.6 Å². The Morgan fingerprint density at radius 2 is 1.67 bits per heavy atom. The van der Waals surface area contributed by atoms with Crippen LogP contribution in [0.25, 0.3) is 0 Å². The number of amides is 1. The van der Waals surface area contributed by atoms with Crippen molar-refractivity contribution in [3.63, 3.8) is 0 Å². The van der Waals surface area contributed by atoms with Gasteiger partial charge in [0.05, 0.1) is 12.5 Å². The molecule has 7 heteroatoms. The minimum atomic E-state index is -0.559. The highest BCUT2D eigenvalue weighted by molar-refractivity contribution is 7.38. The van der Waals surface area contributed by atoms with Crippen molar-refractivity contribution in [2.75, 3.05) is 46.2 Å².